The number of thiophene rings is 1. The summed E-state index contributed by atoms with van der Waals surface area (Å²) >= 11 is 1.43. The Labute approximate surface area is 187 Å². The lowest BCUT2D eigenvalue weighted by atomic mass is 10.00. The van der Waals surface area contributed by atoms with Gasteiger partial charge in [0.15, 0.2) is 0 Å². The molecule has 2 amide bonds. The molecule has 162 valence electrons. The fourth-order valence-corrected chi connectivity index (χ4v) is 3.95. The van der Waals surface area contributed by atoms with Crippen LogP contribution in [0.2, 0.25) is 0 Å². The summed E-state index contributed by atoms with van der Waals surface area (Å²) in [6, 6.07) is 19.3. The zero-order valence-electron chi connectivity index (χ0n) is 17.9. The van der Waals surface area contributed by atoms with Crippen LogP contribution in [0.5, 0.6) is 0 Å². The van der Waals surface area contributed by atoms with Gasteiger partial charge in [0, 0.05) is 18.7 Å². The van der Waals surface area contributed by atoms with Gasteiger partial charge >= 0.3 is 6.09 Å². The number of carbonyl (C=O) groups is 2. The van der Waals surface area contributed by atoms with Crippen LogP contribution in [0, 0.1) is 5.92 Å². The Hall–Kier alpha value is -3.12. The molecule has 3 aromatic rings. The largest absolute Gasteiger partial charge is 0.445 e. The second-order valence-electron chi connectivity index (χ2n) is 7.67. The zero-order valence-corrected chi connectivity index (χ0v) is 18.7. The number of nitrogens with one attached hydrogen (secondary N) is 2. The van der Waals surface area contributed by atoms with Crippen molar-refractivity contribution in [1.82, 2.24) is 10.6 Å². The minimum absolute atomic E-state index is 0.0596. The van der Waals surface area contributed by atoms with Gasteiger partial charge in [0.1, 0.15) is 6.61 Å². The summed E-state index contributed by atoms with van der Waals surface area (Å²) in [5, 5.41) is 7.74. The standard InChI is InChI=1S/C25H28N2O3S/c1-18(2)12-14-26-24(28)23-22(13-15-31-23)21-11-7-6-10-20(21)16-27-25(29)30-17-19-8-4-3-5-9-19/h3-11,13,15,18H,12,14,16-17H2,1-2H3,(H,26,28)(H,27,29). The number of hydrogen-bond acceptors (Lipinski definition) is 4. The molecular formula is C25H28N2O3S. The fourth-order valence-electron chi connectivity index (χ4n) is 3.13. The van der Waals surface area contributed by atoms with Crippen LogP contribution in [0.4, 0.5) is 4.79 Å². The Balaban J connectivity index is 1.64. The third-order valence-corrected chi connectivity index (χ3v) is 5.74. The summed E-state index contributed by atoms with van der Waals surface area (Å²) in [6.07, 6.45) is 0.466. The number of rotatable bonds is 9. The second kappa shape index (κ2) is 11.3. The Bertz CT molecular complexity index is 999. The van der Waals surface area contributed by atoms with E-state index in [0.29, 0.717) is 23.9 Å². The van der Waals surface area contributed by atoms with Crippen molar-refractivity contribution < 1.29 is 14.3 Å². The summed E-state index contributed by atoms with van der Waals surface area (Å²) in [5.74, 6) is 0.479. The molecule has 1 heterocycles. The van der Waals surface area contributed by atoms with Crippen molar-refractivity contribution in [2.24, 2.45) is 5.92 Å². The minimum Gasteiger partial charge on any atom is -0.445 e. The highest BCUT2D eigenvalue weighted by Gasteiger charge is 2.17. The number of amides is 2. The van der Waals surface area contributed by atoms with Gasteiger partial charge in [-0.2, -0.15) is 0 Å². The van der Waals surface area contributed by atoms with Gasteiger partial charge in [-0.05, 0) is 40.5 Å². The van der Waals surface area contributed by atoms with Crippen LogP contribution in [0.25, 0.3) is 11.1 Å². The summed E-state index contributed by atoms with van der Waals surface area (Å²) in [5.41, 5.74) is 3.67. The molecule has 6 heteroatoms. The summed E-state index contributed by atoms with van der Waals surface area (Å²) < 4.78 is 5.29. The molecule has 2 aromatic carbocycles. The van der Waals surface area contributed by atoms with Crippen molar-refractivity contribution in [3.63, 3.8) is 0 Å². The maximum atomic E-state index is 12.7. The molecular weight excluding hydrogens is 408 g/mol. The first-order chi connectivity index (χ1) is 15.0. The molecule has 0 bridgehead atoms. The second-order valence-corrected chi connectivity index (χ2v) is 8.59. The van der Waals surface area contributed by atoms with Gasteiger partial charge in [-0.3, -0.25) is 4.79 Å². The molecule has 2 N–H and O–H groups in total. The van der Waals surface area contributed by atoms with Gasteiger partial charge in [-0.25, -0.2) is 4.79 Å². The van der Waals surface area contributed by atoms with Crippen LogP contribution in [0.3, 0.4) is 0 Å². The van der Waals surface area contributed by atoms with Crippen LogP contribution in [-0.4, -0.2) is 18.5 Å². The molecule has 0 aliphatic heterocycles. The molecule has 0 saturated carbocycles. The average Bonchev–Trinajstić information content (AvgIpc) is 3.27. The maximum absolute atomic E-state index is 12.7. The topological polar surface area (TPSA) is 67.4 Å². The molecule has 0 aliphatic carbocycles. The summed E-state index contributed by atoms with van der Waals surface area (Å²) in [7, 11) is 0. The maximum Gasteiger partial charge on any atom is 0.407 e. The lowest BCUT2D eigenvalue weighted by Crippen LogP contribution is -2.25. The molecule has 0 unspecified atom stereocenters. The van der Waals surface area contributed by atoms with E-state index in [1.165, 1.54) is 11.3 Å². The van der Waals surface area contributed by atoms with Crippen molar-refractivity contribution in [3.8, 4) is 11.1 Å². The van der Waals surface area contributed by atoms with Crippen molar-refractivity contribution in [2.75, 3.05) is 6.54 Å². The average molecular weight is 437 g/mol. The van der Waals surface area contributed by atoms with E-state index in [1.807, 2.05) is 66.0 Å². The van der Waals surface area contributed by atoms with Crippen molar-refractivity contribution in [1.29, 1.82) is 0 Å². The number of carbonyl (C=O) groups excluding carboxylic acids is 2. The monoisotopic (exact) mass is 436 g/mol. The molecule has 0 saturated heterocycles. The normalized spacial score (nSPS) is 10.7. The van der Waals surface area contributed by atoms with E-state index in [1.54, 1.807) is 0 Å². The van der Waals surface area contributed by atoms with Gasteiger partial charge < -0.3 is 15.4 Å². The Morgan fingerprint density at radius 2 is 1.68 bits per heavy atom. The number of ether oxygens (including phenoxy) is 1. The van der Waals surface area contributed by atoms with Crippen molar-refractivity contribution >= 4 is 23.3 Å². The number of hydrogen-bond donors (Lipinski definition) is 2. The highest BCUT2D eigenvalue weighted by Crippen LogP contribution is 2.31. The molecule has 0 radical (unpaired) electrons. The summed E-state index contributed by atoms with van der Waals surface area (Å²) in [4.78, 5) is 25.5. The van der Waals surface area contributed by atoms with Crippen molar-refractivity contribution in [3.05, 3.63) is 82.0 Å². The van der Waals surface area contributed by atoms with Crippen LogP contribution in [-0.2, 0) is 17.9 Å². The van der Waals surface area contributed by atoms with Crippen molar-refractivity contribution in [2.45, 2.75) is 33.4 Å². The molecule has 1 aromatic heterocycles. The fraction of sp³-hybridized carbons (Fsp3) is 0.280. The van der Waals surface area contributed by atoms with E-state index in [4.69, 9.17) is 4.74 Å². The van der Waals surface area contributed by atoms with Gasteiger partial charge in [0.2, 0.25) is 0 Å². The van der Waals surface area contributed by atoms with Gasteiger partial charge in [-0.1, -0.05) is 68.4 Å². The van der Waals surface area contributed by atoms with E-state index in [2.05, 4.69) is 24.5 Å². The van der Waals surface area contributed by atoms with Gasteiger partial charge in [0.05, 0.1) is 4.88 Å². The smallest absolute Gasteiger partial charge is 0.407 e. The number of alkyl carbamates (subject to hydrolysis) is 1. The lowest BCUT2D eigenvalue weighted by Gasteiger charge is -2.12. The zero-order chi connectivity index (χ0) is 22.1. The van der Waals surface area contributed by atoms with Gasteiger partial charge in [0.25, 0.3) is 5.91 Å². The third-order valence-electron chi connectivity index (χ3n) is 4.82. The van der Waals surface area contributed by atoms with E-state index >= 15 is 0 Å². The first-order valence-electron chi connectivity index (χ1n) is 10.4. The lowest BCUT2D eigenvalue weighted by molar-refractivity contribution is 0.0956. The van der Waals surface area contributed by atoms with Crippen LogP contribution in [0.15, 0.2) is 66.0 Å². The molecule has 0 fully saturated rings. The highest BCUT2D eigenvalue weighted by atomic mass is 32.1. The molecule has 0 spiro atoms. The first-order valence-corrected chi connectivity index (χ1v) is 11.3. The van der Waals surface area contributed by atoms with Crippen LogP contribution < -0.4 is 10.6 Å². The third kappa shape index (κ3) is 6.69. The molecule has 31 heavy (non-hydrogen) atoms. The SMILES string of the molecule is CC(C)CCNC(=O)c1sccc1-c1ccccc1CNC(=O)OCc1ccccc1. The Kier molecular flexibility index (Phi) is 8.24. The van der Waals surface area contributed by atoms with Crippen LogP contribution >= 0.6 is 11.3 Å². The summed E-state index contributed by atoms with van der Waals surface area (Å²) in [6.45, 7) is 5.46. The predicted molar refractivity (Wildman–Crippen MR) is 125 cm³/mol. The minimum atomic E-state index is -0.476. The Morgan fingerprint density at radius 3 is 2.45 bits per heavy atom. The van der Waals surface area contributed by atoms with E-state index < -0.39 is 6.09 Å². The Morgan fingerprint density at radius 1 is 0.935 bits per heavy atom. The predicted octanol–water partition coefficient (Wildman–Crippen LogP) is 5.62. The molecule has 0 aliphatic rings. The molecule has 5 nitrogen and oxygen atoms in total. The van der Waals surface area contributed by atoms with E-state index in [9.17, 15) is 9.59 Å². The van der Waals surface area contributed by atoms with E-state index in [-0.39, 0.29) is 12.5 Å². The van der Waals surface area contributed by atoms with Crippen LogP contribution in [0.1, 0.15) is 41.1 Å². The molecule has 0 atom stereocenters. The number of benzene rings is 2. The molecule has 3 rings (SSSR count). The van der Waals surface area contributed by atoms with E-state index in [0.717, 1.165) is 28.7 Å². The highest BCUT2D eigenvalue weighted by molar-refractivity contribution is 7.12. The quantitative estimate of drug-likeness (QED) is 0.458. The first kappa shape index (κ1) is 22.6. The van der Waals surface area contributed by atoms with Gasteiger partial charge in [-0.15, -0.1) is 11.3 Å².